The zero-order valence-corrected chi connectivity index (χ0v) is 17.5. The molecule has 0 saturated carbocycles. The highest BCUT2D eigenvalue weighted by atomic mass is 16.5. The van der Waals surface area contributed by atoms with Crippen molar-refractivity contribution in [3.8, 4) is 0 Å². The number of anilines is 1. The standard InChI is InChI=1S/C24H24N4O3/c1-16(25-9-10-26-21-14-28(2)15-21)17-4-3-5-20(13-17)27-23(29)19-6-7-22-18(12-19)8-11-31-24(22)30/h3-7,9-10,12-16H,8,11H2,1-2H3,(H2-,25,26,27,29,30). The summed E-state index contributed by atoms with van der Waals surface area (Å²) in [5, 5.41) is 10.6. The molecule has 2 aromatic rings. The number of carbonyl (C=O) groups excluding carboxylic acids is 2. The van der Waals surface area contributed by atoms with Gasteiger partial charge in [-0.25, -0.2) is 9.37 Å². The van der Waals surface area contributed by atoms with Crippen LogP contribution in [0.4, 0.5) is 5.69 Å². The van der Waals surface area contributed by atoms with Crippen molar-refractivity contribution in [2.24, 2.45) is 0 Å². The summed E-state index contributed by atoms with van der Waals surface area (Å²) >= 11 is 0. The largest absolute Gasteiger partial charge is 0.683 e. The van der Waals surface area contributed by atoms with Gasteiger partial charge >= 0.3 is 5.97 Å². The van der Waals surface area contributed by atoms with E-state index in [1.807, 2.05) is 55.2 Å². The molecule has 2 aliphatic heterocycles. The van der Waals surface area contributed by atoms with Gasteiger partial charge in [-0.15, -0.1) is 0 Å². The fourth-order valence-corrected chi connectivity index (χ4v) is 3.45. The molecule has 2 aliphatic rings. The number of benzene rings is 2. The molecule has 0 aliphatic carbocycles. The summed E-state index contributed by atoms with van der Waals surface area (Å²) in [6.45, 7) is 2.34. The molecule has 7 heteroatoms. The number of nitrogens with zero attached hydrogens (tertiary/aromatic N) is 2. The summed E-state index contributed by atoms with van der Waals surface area (Å²) in [5.41, 5.74) is 4.60. The summed E-state index contributed by atoms with van der Waals surface area (Å²) in [7, 11) is 1.97. The Kier molecular flexibility index (Phi) is 5.84. The van der Waals surface area contributed by atoms with E-state index in [0.29, 0.717) is 29.8 Å². The first-order valence-corrected chi connectivity index (χ1v) is 10.1. The van der Waals surface area contributed by atoms with Crippen molar-refractivity contribution in [1.29, 1.82) is 0 Å². The van der Waals surface area contributed by atoms with E-state index >= 15 is 0 Å². The highest BCUT2D eigenvalue weighted by molar-refractivity contribution is 6.05. The number of hydrogen-bond acceptors (Lipinski definition) is 4. The monoisotopic (exact) mass is 416 g/mol. The number of hydrogen-bond donors (Lipinski definition) is 2. The second-order valence-corrected chi connectivity index (χ2v) is 7.50. The minimum atomic E-state index is -0.335. The fraction of sp³-hybridized carbons (Fsp3) is 0.208. The smallest absolute Gasteiger partial charge is 0.338 e. The molecule has 0 aromatic heterocycles. The van der Waals surface area contributed by atoms with E-state index < -0.39 is 0 Å². The molecule has 2 N–H and O–H groups in total. The van der Waals surface area contributed by atoms with Gasteiger partial charge < -0.3 is 20.7 Å². The van der Waals surface area contributed by atoms with Gasteiger partial charge in [-0.1, -0.05) is 30.7 Å². The predicted molar refractivity (Wildman–Crippen MR) is 119 cm³/mol. The fourth-order valence-electron chi connectivity index (χ4n) is 3.45. The van der Waals surface area contributed by atoms with E-state index in [2.05, 4.69) is 16.0 Å². The molecule has 158 valence electrons. The first kappa shape index (κ1) is 20.4. The molecular formula is C24H24N4O3. The van der Waals surface area contributed by atoms with Crippen LogP contribution in [-0.4, -0.2) is 36.3 Å². The van der Waals surface area contributed by atoms with Gasteiger partial charge in [0.25, 0.3) is 5.91 Å². The molecule has 0 fully saturated rings. The van der Waals surface area contributed by atoms with Crippen molar-refractivity contribution >= 4 is 23.8 Å². The van der Waals surface area contributed by atoms with Crippen LogP contribution >= 0.6 is 0 Å². The zero-order chi connectivity index (χ0) is 21.8. The predicted octanol–water partition coefficient (Wildman–Crippen LogP) is 3.72. The van der Waals surface area contributed by atoms with Crippen molar-refractivity contribution in [2.75, 3.05) is 19.0 Å². The highest BCUT2D eigenvalue weighted by Gasteiger charge is 2.20. The molecule has 4 rings (SSSR count). The summed E-state index contributed by atoms with van der Waals surface area (Å²) < 4.78 is 7.00. The van der Waals surface area contributed by atoms with Gasteiger partial charge in [-0.05, 0) is 42.1 Å². The van der Waals surface area contributed by atoms with Crippen LogP contribution in [0.15, 0.2) is 66.8 Å². The average Bonchev–Trinajstić information content (AvgIpc) is 2.75. The summed E-state index contributed by atoms with van der Waals surface area (Å²) in [6.07, 6.45) is 8.11. The Hall–Kier alpha value is -3.87. The molecule has 0 spiro atoms. The number of allylic oxidation sites excluding steroid dienone is 1. The number of amides is 1. The van der Waals surface area contributed by atoms with Crippen LogP contribution in [-0.2, 0) is 11.2 Å². The topological polar surface area (TPSA) is 84.5 Å². The van der Waals surface area contributed by atoms with Crippen molar-refractivity contribution in [3.63, 3.8) is 0 Å². The molecule has 1 unspecified atom stereocenters. The molecule has 1 amide bonds. The van der Waals surface area contributed by atoms with Crippen molar-refractivity contribution in [1.82, 2.24) is 5.32 Å². The SMILES string of the molecule is CC([N-]C=CNC1=C[N+](C)=C1)c1cccc(NC(=O)c2ccc3c(c2)CCOC3=O)c1. The van der Waals surface area contributed by atoms with Crippen LogP contribution in [0.1, 0.15) is 44.8 Å². The first-order chi connectivity index (χ1) is 15.0. The molecule has 0 bridgehead atoms. The van der Waals surface area contributed by atoms with Crippen molar-refractivity contribution in [3.05, 3.63) is 94.3 Å². The van der Waals surface area contributed by atoms with Crippen LogP contribution in [0.3, 0.4) is 0 Å². The number of ether oxygens (including phenoxy) is 1. The van der Waals surface area contributed by atoms with Crippen LogP contribution in [0.2, 0.25) is 0 Å². The van der Waals surface area contributed by atoms with E-state index in [4.69, 9.17) is 4.74 Å². The summed E-state index contributed by atoms with van der Waals surface area (Å²) in [5.74, 6) is -0.555. The Bertz CT molecular complexity index is 1120. The number of carbonyl (C=O) groups is 2. The number of nitrogens with one attached hydrogen (secondary N) is 2. The molecule has 2 aromatic carbocycles. The summed E-state index contributed by atoms with van der Waals surface area (Å²) in [4.78, 5) is 24.5. The maximum atomic E-state index is 12.7. The Morgan fingerprint density at radius 3 is 2.90 bits per heavy atom. The quantitative estimate of drug-likeness (QED) is 0.532. The second-order valence-electron chi connectivity index (χ2n) is 7.50. The Morgan fingerprint density at radius 1 is 1.26 bits per heavy atom. The second kappa shape index (κ2) is 8.87. The Balaban J connectivity index is 1.36. The lowest BCUT2D eigenvalue weighted by molar-refractivity contribution is -0.429. The molecule has 31 heavy (non-hydrogen) atoms. The van der Waals surface area contributed by atoms with E-state index in [1.54, 1.807) is 30.6 Å². The van der Waals surface area contributed by atoms with Gasteiger partial charge in [0.05, 0.1) is 12.2 Å². The number of fused-ring (bicyclic) bond motifs is 1. The summed E-state index contributed by atoms with van der Waals surface area (Å²) in [6, 6.07) is 12.6. The lowest BCUT2D eigenvalue weighted by Crippen LogP contribution is -2.21. The lowest BCUT2D eigenvalue weighted by atomic mass is 9.99. The van der Waals surface area contributed by atoms with Crippen molar-refractivity contribution in [2.45, 2.75) is 19.4 Å². The van der Waals surface area contributed by atoms with Gasteiger partial charge in [0.15, 0.2) is 18.1 Å². The van der Waals surface area contributed by atoms with Crippen LogP contribution in [0.5, 0.6) is 0 Å². The Morgan fingerprint density at radius 2 is 2.10 bits per heavy atom. The lowest BCUT2D eigenvalue weighted by Gasteiger charge is -2.26. The molecule has 7 nitrogen and oxygen atoms in total. The number of esters is 1. The molecular weight excluding hydrogens is 392 g/mol. The van der Waals surface area contributed by atoms with Gasteiger partial charge in [-0.3, -0.25) is 4.79 Å². The maximum Gasteiger partial charge on any atom is 0.338 e. The minimum Gasteiger partial charge on any atom is -0.683 e. The van der Waals surface area contributed by atoms with E-state index in [1.165, 1.54) is 0 Å². The van der Waals surface area contributed by atoms with Crippen LogP contribution < -0.4 is 10.6 Å². The van der Waals surface area contributed by atoms with Gasteiger partial charge in [-0.2, -0.15) is 6.20 Å². The van der Waals surface area contributed by atoms with E-state index in [-0.39, 0.29) is 17.9 Å². The number of rotatable bonds is 7. The maximum absolute atomic E-state index is 12.7. The average molecular weight is 416 g/mol. The third kappa shape index (κ3) is 4.83. The van der Waals surface area contributed by atoms with E-state index in [0.717, 1.165) is 16.8 Å². The highest BCUT2D eigenvalue weighted by Crippen LogP contribution is 2.25. The molecule has 2 heterocycles. The van der Waals surface area contributed by atoms with Gasteiger partial charge in [0.1, 0.15) is 7.05 Å². The third-order valence-corrected chi connectivity index (χ3v) is 5.14. The first-order valence-electron chi connectivity index (χ1n) is 10.1. The molecule has 0 saturated heterocycles. The van der Waals surface area contributed by atoms with Gasteiger partial charge in [0.2, 0.25) is 0 Å². The number of cyclic esters (lactones) is 1. The van der Waals surface area contributed by atoms with E-state index in [9.17, 15) is 9.59 Å². The van der Waals surface area contributed by atoms with Gasteiger partial charge in [0, 0.05) is 17.7 Å². The zero-order valence-electron chi connectivity index (χ0n) is 17.5. The third-order valence-electron chi connectivity index (χ3n) is 5.14. The van der Waals surface area contributed by atoms with Crippen LogP contribution in [0.25, 0.3) is 5.32 Å². The Labute approximate surface area is 181 Å². The normalized spacial score (nSPS) is 15.7. The van der Waals surface area contributed by atoms with Crippen LogP contribution in [0, 0.1) is 0 Å². The minimum absolute atomic E-state index is 0.0633. The molecule has 0 radical (unpaired) electrons. The van der Waals surface area contributed by atoms with Crippen molar-refractivity contribution < 1.29 is 18.9 Å². The molecule has 1 atom stereocenters.